The van der Waals surface area contributed by atoms with E-state index in [1.54, 1.807) is 6.20 Å². The molecule has 0 fully saturated rings. The van der Waals surface area contributed by atoms with E-state index in [2.05, 4.69) is 37.9 Å². The van der Waals surface area contributed by atoms with Crippen LogP contribution in [0.15, 0.2) is 36.5 Å². The molecule has 20 heavy (non-hydrogen) atoms. The standard InChI is InChI=1S/C17H22N2O/c1-12-9-10-19-16(15(12)11-18)20-14-7-5-13(6-8-14)17(2,3)4/h5-10H,11,18H2,1-4H3. The molecule has 0 atom stereocenters. The average molecular weight is 270 g/mol. The molecule has 1 aromatic carbocycles. The van der Waals surface area contributed by atoms with Crippen LogP contribution in [0.5, 0.6) is 11.6 Å². The first-order valence-electron chi connectivity index (χ1n) is 6.85. The maximum Gasteiger partial charge on any atom is 0.223 e. The minimum atomic E-state index is 0.141. The van der Waals surface area contributed by atoms with Gasteiger partial charge in [-0.3, -0.25) is 0 Å². The van der Waals surface area contributed by atoms with Crippen LogP contribution in [-0.4, -0.2) is 4.98 Å². The Morgan fingerprint density at radius 2 is 1.75 bits per heavy atom. The number of benzene rings is 1. The van der Waals surface area contributed by atoms with E-state index in [1.165, 1.54) is 5.56 Å². The highest BCUT2D eigenvalue weighted by Crippen LogP contribution is 2.28. The summed E-state index contributed by atoms with van der Waals surface area (Å²) in [7, 11) is 0. The molecule has 1 heterocycles. The Labute approximate surface area is 120 Å². The van der Waals surface area contributed by atoms with Crippen molar-refractivity contribution in [2.45, 2.75) is 39.7 Å². The molecule has 0 saturated heterocycles. The Morgan fingerprint density at radius 3 is 2.30 bits per heavy atom. The second kappa shape index (κ2) is 5.63. The number of aromatic nitrogens is 1. The minimum absolute atomic E-state index is 0.141. The van der Waals surface area contributed by atoms with Crippen molar-refractivity contribution in [1.82, 2.24) is 4.98 Å². The largest absolute Gasteiger partial charge is 0.439 e. The fraction of sp³-hybridized carbons (Fsp3) is 0.353. The van der Waals surface area contributed by atoms with E-state index in [1.807, 2.05) is 25.1 Å². The molecule has 0 aliphatic rings. The van der Waals surface area contributed by atoms with Gasteiger partial charge in [-0.25, -0.2) is 4.98 Å². The molecule has 0 bridgehead atoms. The SMILES string of the molecule is Cc1ccnc(Oc2ccc(C(C)(C)C)cc2)c1CN. The zero-order valence-electron chi connectivity index (χ0n) is 12.6. The van der Waals surface area contributed by atoms with Crippen LogP contribution in [0.2, 0.25) is 0 Å². The van der Waals surface area contributed by atoms with Gasteiger partial charge in [0.2, 0.25) is 5.88 Å². The van der Waals surface area contributed by atoms with Crippen LogP contribution in [0, 0.1) is 6.92 Å². The molecule has 2 aromatic rings. The van der Waals surface area contributed by atoms with Gasteiger partial charge in [-0.15, -0.1) is 0 Å². The van der Waals surface area contributed by atoms with Crippen molar-refractivity contribution in [2.24, 2.45) is 5.73 Å². The Balaban J connectivity index is 2.25. The van der Waals surface area contributed by atoms with Gasteiger partial charge in [-0.2, -0.15) is 0 Å². The minimum Gasteiger partial charge on any atom is -0.439 e. The predicted octanol–water partition coefficient (Wildman–Crippen LogP) is 3.94. The highest BCUT2D eigenvalue weighted by atomic mass is 16.5. The van der Waals surface area contributed by atoms with Crippen LogP contribution in [0.25, 0.3) is 0 Å². The van der Waals surface area contributed by atoms with Gasteiger partial charge in [-0.1, -0.05) is 32.9 Å². The summed E-state index contributed by atoms with van der Waals surface area (Å²) in [5.74, 6) is 1.38. The Bertz CT molecular complexity index is 583. The molecular weight excluding hydrogens is 248 g/mol. The molecule has 3 nitrogen and oxygen atoms in total. The lowest BCUT2D eigenvalue weighted by molar-refractivity contribution is 0.455. The Kier molecular flexibility index (Phi) is 4.09. The number of aryl methyl sites for hydroxylation is 1. The van der Waals surface area contributed by atoms with Crippen molar-refractivity contribution in [3.63, 3.8) is 0 Å². The molecule has 2 rings (SSSR count). The van der Waals surface area contributed by atoms with Gasteiger partial charge in [0.1, 0.15) is 5.75 Å². The number of nitrogens with two attached hydrogens (primary N) is 1. The van der Waals surface area contributed by atoms with Gasteiger partial charge in [0, 0.05) is 18.3 Å². The monoisotopic (exact) mass is 270 g/mol. The van der Waals surface area contributed by atoms with Crippen molar-refractivity contribution >= 4 is 0 Å². The molecule has 0 saturated carbocycles. The van der Waals surface area contributed by atoms with Gasteiger partial charge in [0.15, 0.2) is 0 Å². The fourth-order valence-electron chi connectivity index (χ4n) is 2.03. The Hall–Kier alpha value is -1.87. The second-order valence-corrected chi connectivity index (χ2v) is 5.99. The molecule has 1 aromatic heterocycles. The first-order valence-corrected chi connectivity index (χ1v) is 6.85. The van der Waals surface area contributed by atoms with E-state index in [4.69, 9.17) is 10.5 Å². The molecule has 3 heteroatoms. The smallest absolute Gasteiger partial charge is 0.223 e. The number of nitrogens with zero attached hydrogens (tertiary/aromatic N) is 1. The molecule has 0 radical (unpaired) electrons. The lowest BCUT2D eigenvalue weighted by Crippen LogP contribution is -2.10. The van der Waals surface area contributed by atoms with Crippen LogP contribution < -0.4 is 10.5 Å². The summed E-state index contributed by atoms with van der Waals surface area (Å²) < 4.78 is 5.86. The van der Waals surface area contributed by atoms with Gasteiger partial charge < -0.3 is 10.5 Å². The van der Waals surface area contributed by atoms with Crippen molar-refractivity contribution in [2.75, 3.05) is 0 Å². The van der Waals surface area contributed by atoms with E-state index in [0.717, 1.165) is 16.9 Å². The third kappa shape index (κ3) is 3.17. The summed E-state index contributed by atoms with van der Waals surface area (Å²) in [6.07, 6.45) is 1.74. The summed E-state index contributed by atoms with van der Waals surface area (Å²) in [5, 5.41) is 0. The van der Waals surface area contributed by atoms with Crippen LogP contribution in [0.3, 0.4) is 0 Å². The number of ether oxygens (including phenoxy) is 1. The van der Waals surface area contributed by atoms with Crippen molar-refractivity contribution < 1.29 is 4.74 Å². The number of rotatable bonds is 3. The van der Waals surface area contributed by atoms with E-state index >= 15 is 0 Å². The first-order chi connectivity index (χ1) is 9.41. The van der Waals surface area contributed by atoms with Crippen molar-refractivity contribution in [3.8, 4) is 11.6 Å². The lowest BCUT2D eigenvalue weighted by atomic mass is 9.87. The maximum atomic E-state index is 5.86. The van der Waals surface area contributed by atoms with E-state index < -0.39 is 0 Å². The topological polar surface area (TPSA) is 48.1 Å². The Morgan fingerprint density at radius 1 is 1.10 bits per heavy atom. The first kappa shape index (κ1) is 14.5. The van der Waals surface area contributed by atoms with Gasteiger partial charge in [-0.05, 0) is 41.7 Å². The molecule has 2 N–H and O–H groups in total. The quantitative estimate of drug-likeness (QED) is 0.919. The number of pyridine rings is 1. The number of hydrogen-bond acceptors (Lipinski definition) is 3. The molecule has 0 amide bonds. The molecule has 0 aliphatic carbocycles. The van der Waals surface area contributed by atoms with E-state index in [-0.39, 0.29) is 5.41 Å². The highest BCUT2D eigenvalue weighted by molar-refractivity contribution is 5.38. The third-order valence-electron chi connectivity index (χ3n) is 3.39. The molecule has 0 spiro atoms. The van der Waals surface area contributed by atoms with Crippen LogP contribution in [-0.2, 0) is 12.0 Å². The summed E-state index contributed by atoms with van der Waals surface area (Å²) >= 11 is 0. The third-order valence-corrected chi connectivity index (χ3v) is 3.39. The average Bonchev–Trinajstić information content (AvgIpc) is 2.38. The van der Waals surface area contributed by atoms with Crippen LogP contribution in [0.1, 0.15) is 37.5 Å². The summed E-state index contributed by atoms with van der Waals surface area (Å²) in [4.78, 5) is 4.27. The van der Waals surface area contributed by atoms with Crippen LogP contribution >= 0.6 is 0 Å². The predicted molar refractivity (Wildman–Crippen MR) is 82.1 cm³/mol. The molecule has 106 valence electrons. The maximum absolute atomic E-state index is 5.86. The zero-order chi connectivity index (χ0) is 14.8. The summed E-state index contributed by atoms with van der Waals surface area (Å²) in [6, 6.07) is 10.1. The van der Waals surface area contributed by atoms with Gasteiger partial charge in [0.25, 0.3) is 0 Å². The van der Waals surface area contributed by atoms with Crippen molar-refractivity contribution in [3.05, 3.63) is 53.2 Å². The van der Waals surface area contributed by atoms with Crippen molar-refractivity contribution in [1.29, 1.82) is 0 Å². The molecule has 0 unspecified atom stereocenters. The van der Waals surface area contributed by atoms with E-state index in [0.29, 0.717) is 12.4 Å². The van der Waals surface area contributed by atoms with E-state index in [9.17, 15) is 0 Å². The molecular formula is C17H22N2O. The van der Waals surface area contributed by atoms with Crippen LogP contribution in [0.4, 0.5) is 0 Å². The van der Waals surface area contributed by atoms with Gasteiger partial charge in [0.05, 0.1) is 0 Å². The number of hydrogen-bond donors (Lipinski definition) is 1. The zero-order valence-corrected chi connectivity index (χ0v) is 12.6. The fourth-order valence-corrected chi connectivity index (χ4v) is 2.03. The summed E-state index contributed by atoms with van der Waals surface area (Å²) in [6.45, 7) is 9.01. The molecule has 0 aliphatic heterocycles. The highest BCUT2D eigenvalue weighted by Gasteiger charge is 2.14. The summed E-state index contributed by atoms with van der Waals surface area (Å²) in [5.41, 5.74) is 9.24. The van der Waals surface area contributed by atoms with Gasteiger partial charge >= 0.3 is 0 Å². The lowest BCUT2D eigenvalue weighted by Gasteiger charge is -2.19. The normalized spacial score (nSPS) is 11.4. The second-order valence-electron chi connectivity index (χ2n) is 5.99.